The molecule has 0 bridgehead atoms. The highest BCUT2D eigenvalue weighted by Crippen LogP contribution is 2.26. The molecule has 0 fully saturated rings. The van der Waals surface area contributed by atoms with Gasteiger partial charge in [-0.2, -0.15) is 5.10 Å². The molecule has 0 spiro atoms. The molecule has 0 unspecified atom stereocenters. The van der Waals surface area contributed by atoms with Crippen LogP contribution < -0.4 is 0 Å². The first-order valence-corrected chi connectivity index (χ1v) is 7.59. The summed E-state index contributed by atoms with van der Waals surface area (Å²) in [6.07, 6.45) is 1.11. The first-order valence-electron chi connectivity index (χ1n) is 7.22. The van der Waals surface area contributed by atoms with Crippen LogP contribution in [-0.4, -0.2) is 21.6 Å². The molecule has 1 N–H and O–H groups in total. The topological polar surface area (TPSA) is 31.9 Å². The van der Waals surface area contributed by atoms with Crippen molar-refractivity contribution in [3.8, 4) is 0 Å². The molecule has 4 heteroatoms. The van der Waals surface area contributed by atoms with Gasteiger partial charge in [0.05, 0.1) is 16.2 Å². The van der Waals surface area contributed by atoms with Crippen molar-refractivity contribution in [2.75, 3.05) is 6.54 Å². The summed E-state index contributed by atoms with van der Waals surface area (Å²) in [5.74, 6) is 0. The molecule has 1 aliphatic rings. The van der Waals surface area contributed by atoms with Crippen LogP contribution >= 0.6 is 11.6 Å². The van der Waals surface area contributed by atoms with E-state index >= 15 is 0 Å². The molecule has 106 valence electrons. The molecule has 1 aromatic heterocycles. The van der Waals surface area contributed by atoms with E-state index in [0.717, 1.165) is 47.7 Å². The van der Waals surface area contributed by atoms with E-state index in [-0.39, 0.29) is 0 Å². The summed E-state index contributed by atoms with van der Waals surface area (Å²) < 4.78 is 0. The third-order valence-electron chi connectivity index (χ3n) is 4.21. The van der Waals surface area contributed by atoms with Crippen LogP contribution in [0.4, 0.5) is 0 Å². The molecular formula is C17H16ClN3. The third kappa shape index (κ3) is 2.33. The van der Waals surface area contributed by atoms with E-state index in [1.54, 1.807) is 0 Å². The smallest absolute Gasteiger partial charge is 0.0841 e. The van der Waals surface area contributed by atoms with Gasteiger partial charge in [0.25, 0.3) is 0 Å². The SMILES string of the molecule is Clc1cccc2c(CN3CCc4ccccc4C3)n[nH]c12. The van der Waals surface area contributed by atoms with Gasteiger partial charge < -0.3 is 0 Å². The van der Waals surface area contributed by atoms with Crippen molar-refractivity contribution in [3.63, 3.8) is 0 Å². The second-order valence-corrected chi connectivity index (χ2v) is 5.97. The van der Waals surface area contributed by atoms with Crippen LogP contribution in [0.1, 0.15) is 16.8 Å². The van der Waals surface area contributed by atoms with Crippen molar-refractivity contribution in [1.82, 2.24) is 15.1 Å². The standard InChI is InChI=1S/C17H16ClN3/c18-15-7-3-6-14-16(19-20-17(14)15)11-21-9-8-12-4-1-2-5-13(12)10-21/h1-7H,8-11H2,(H,19,20). The van der Waals surface area contributed by atoms with Gasteiger partial charge in [-0.3, -0.25) is 10.00 Å². The van der Waals surface area contributed by atoms with Crippen LogP contribution in [0.15, 0.2) is 42.5 Å². The van der Waals surface area contributed by atoms with Gasteiger partial charge in [0, 0.05) is 25.0 Å². The number of aromatic amines is 1. The highest BCUT2D eigenvalue weighted by molar-refractivity contribution is 6.35. The summed E-state index contributed by atoms with van der Waals surface area (Å²) in [7, 11) is 0. The van der Waals surface area contributed by atoms with Gasteiger partial charge in [0.1, 0.15) is 0 Å². The van der Waals surface area contributed by atoms with E-state index in [1.807, 2.05) is 12.1 Å². The predicted molar refractivity (Wildman–Crippen MR) is 85.4 cm³/mol. The lowest BCUT2D eigenvalue weighted by molar-refractivity contribution is 0.243. The second kappa shape index (κ2) is 5.17. The number of hydrogen-bond donors (Lipinski definition) is 1. The zero-order chi connectivity index (χ0) is 14.2. The van der Waals surface area contributed by atoms with Gasteiger partial charge in [-0.05, 0) is 23.6 Å². The Kier molecular flexibility index (Phi) is 3.17. The number of H-pyrrole nitrogens is 1. The van der Waals surface area contributed by atoms with Crippen LogP contribution in [0.2, 0.25) is 5.02 Å². The van der Waals surface area contributed by atoms with Gasteiger partial charge in [-0.15, -0.1) is 0 Å². The van der Waals surface area contributed by atoms with E-state index in [0.29, 0.717) is 0 Å². The van der Waals surface area contributed by atoms with E-state index in [1.165, 1.54) is 11.1 Å². The van der Waals surface area contributed by atoms with Crippen LogP contribution in [-0.2, 0) is 19.5 Å². The zero-order valence-electron chi connectivity index (χ0n) is 11.6. The number of nitrogens with zero attached hydrogens (tertiary/aromatic N) is 2. The highest BCUT2D eigenvalue weighted by atomic mass is 35.5. The minimum Gasteiger partial charge on any atom is -0.293 e. The van der Waals surface area contributed by atoms with E-state index in [2.05, 4.69) is 45.4 Å². The molecule has 3 nitrogen and oxygen atoms in total. The molecule has 0 amide bonds. The van der Waals surface area contributed by atoms with Crippen LogP contribution in [0.3, 0.4) is 0 Å². The number of hydrogen-bond acceptors (Lipinski definition) is 2. The van der Waals surface area contributed by atoms with Gasteiger partial charge >= 0.3 is 0 Å². The summed E-state index contributed by atoms with van der Waals surface area (Å²) in [6, 6.07) is 14.7. The Morgan fingerprint density at radius 2 is 1.95 bits per heavy atom. The van der Waals surface area contributed by atoms with Gasteiger partial charge in [0.15, 0.2) is 0 Å². The van der Waals surface area contributed by atoms with E-state index < -0.39 is 0 Å². The lowest BCUT2D eigenvalue weighted by Gasteiger charge is -2.28. The molecule has 0 saturated carbocycles. The summed E-state index contributed by atoms with van der Waals surface area (Å²) in [4.78, 5) is 2.44. The number of nitrogens with one attached hydrogen (secondary N) is 1. The Labute approximate surface area is 128 Å². The zero-order valence-corrected chi connectivity index (χ0v) is 12.4. The Morgan fingerprint density at radius 1 is 1.10 bits per heavy atom. The first kappa shape index (κ1) is 12.9. The minimum absolute atomic E-state index is 0.732. The number of rotatable bonds is 2. The largest absolute Gasteiger partial charge is 0.293 e. The fourth-order valence-corrected chi connectivity index (χ4v) is 3.30. The van der Waals surface area contributed by atoms with Crippen molar-refractivity contribution in [3.05, 3.63) is 64.3 Å². The van der Waals surface area contributed by atoms with Crippen molar-refractivity contribution in [2.24, 2.45) is 0 Å². The maximum absolute atomic E-state index is 6.20. The Morgan fingerprint density at radius 3 is 2.86 bits per heavy atom. The van der Waals surface area contributed by atoms with Crippen molar-refractivity contribution < 1.29 is 0 Å². The Bertz CT molecular complexity index is 794. The lowest BCUT2D eigenvalue weighted by atomic mass is 10.00. The Hall–Kier alpha value is -1.84. The molecular weight excluding hydrogens is 282 g/mol. The average molecular weight is 298 g/mol. The van der Waals surface area contributed by atoms with Crippen molar-refractivity contribution >= 4 is 22.5 Å². The monoisotopic (exact) mass is 297 g/mol. The van der Waals surface area contributed by atoms with Crippen LogP contribution in [0, 0.1) is 0 Å². The molecule has 0 atom stereocenters. The van der Waals surface area contributed by atoms with E-state index in [9.17, 15) is 0 Å². The lowest BCUT2D eigenvalue weighted by Crippen LogP contribution is -2.30. The maximum Gasteiger partial charge on any atom is 0.0841 e. The Balaban J connectivity index is 1.60. The summed E-state index contributed by atoms with van der Waals surface area (Å²) >= 11 is 6.20. The first-order chi connectivity index (χ1) is 10.3. The number of para-hydroxylation sites is 1. The van der Waals surface area contributed by atoms with Crippen LogP contribution in [0.25, 0.3) is 10.9 Å². The molecule has 2 heterocycles. The fourth-order valence-electron chi connectivity index (χ4n) is 3.08. The predicted octanol–water partition coefficient (Wildman–Crippen LogP) is 3.77. The number of benzene rings is 2. The molecule has 2 aromatic carbocycles. The molecule has 1 aliphatic heterocycles. The van der Waals surface area contributed by atoms with Crippen LogP contribution in [0.5, 0.6) is 0 Å². The van der Waals surface area contributed by atoms with Gasteiger partial charge in [-0.1, -0.05) is 48.0 Å². The number of fused-ring (bicyclic) bond motifs is 2. The minimum atomic E-state index is 0.732. The van der Waals surface area contributed by atoms with Gasteiger partial charge in [0.2, 0.25) is 0 Å². The van der Waals surface area contributed by atoms with E-state index in [4.69, 9.17) is 11.6 Å². The average Bonchev–Trinajstić information content (AvgIpc) is 2.92. The number of aromatic nitrogens is 2. The summed E-state index contributed by atoms with van der Waals surface area (Å²) in [6.45, 7) is 2.92. The molecule has 21 heavy (non-hydrogen) atoms. The quantitative estimate of drug-likeness (QED) is 0.781. The number of halogens is 1. The molecule has 4 rings (SSSR count). The third-order valence-corrected chi connectivity index (χ3v) is 4.53. The highest BCUT2D eigenvalue weighted by Gasteiger charge is 2.18. The normalized spacial score (nSPS) is 15.3. The maximum atomic E-state index is 6.20. The second-order valence-electron chi connectivity index (χ2n) is 5.56. The molecule has 0 saturated heterocycles. The van der Waals surface area contributed by atoms with Crippen molar-refractivity contribution in [2.45, 2.75) is 19.5 Å². The van der Waals surface area contributed by atoms with Crippen molar-refractivity contribution in [1.29, 1.82) is 0 Å². The summed E-state index contributed by atoms with van der Waals surface area (Å²) in [5.41, 5.74) is 4.92. The molecule has 0 aliphatic carbocycles. The molecule has 3 aromatic rings. The van der Waals surface area contributed by atoms with Gasteiger partial charge in [-0.25, -0.2) is 0 Å². The molecule has 0 radical (unpaired) electrons. The fraction of sp³-hybridized carbons (Fsp3) is 0.235. The summed E-state index contributed by atoms with van der Waals surface area (Å²) in [5, 5.41) is 9.37.